The molecule has 0 spiro atoms. The van der Waals surface area contributed by atoms with Crippen LogP contribution in [0.5, 0.6) is 17.2 Å². The molecular formula is C23H21FN4O2S. The summed E-state index contributed by atoms with van der Waals surface area (Å²) in [7, 11) is 0. The van der Waals surface area contributed by atoms with Crippen LogP contribution in [0.15, 0.2) is 71.9 Å². The fourth-order valence-electron chi connectivity index (χ4n) is 2.99. The molecule has 4 aromatic rings. The number of rotatable bonds is 8. The number of nitrogens with zero attached hydrogens (tertiary/aromatic N) is 2. The number of thiophene rings is 1. The number of aliphatic imine (C=N–C) groups is 1. The van der Waals surface area contributed by atoms with E-state index in [9.17, 15) is 4.39 Å². The number of hydrogen-bond acceptors (Lipinski definition) is 5. The first kappa shape index (κ1) is 20.6. The van der Waals surface area contributed by atoms with Crippen molar-refractivity contribution in [2.45, 2.75) is 6.42 Å². The van der Waals surface area contributed by atoms with Crippen LogP contribution in [-0.4, -0.2) is 24.1 Å². The number of fused-ring (bicyclic) bond motifs is 1. The lowest BCUT2D eigenvalue weighted by Crippen LogP contribution is -2.23. The first-order valence-electron chi connectivity index (χ1n) is 9.70. The second-order valence-corrected chi connectivity index (χ2v) is 7.76. The summed E-state index contributed by atoms with van der Waals surface area (Å²) in [6.45, 7) is 1.03. The molecule has 0 saturated carbocycles. The number of guanidine groups is 1. The summed E-state index contributed by atoms with van der Waals surface area (Å²) in [5.74, 6) is 1.18. The summed E-state index contributed by atoms with van der Waals surface area (Å²) in [5, 5.41) is 0. The van der Waals surface area contributed by atoms with Gasteiger partial charge in [-0.3, -0.25) is 9.98 Å². The maximum absolute atomic E-state index is 14.0. The number of hydrogen-bond donors (Lipinski definition) is 2. The molecule has 0 unspecified atom stereocenters. The molecule has 0 radical (unpaired) electrons. The van der Waals surface area contributed by atoms with Crippen LogP contribution < -0.4 is 20.9 Å². The van der Waals surface area contributed by atoms with Gasteiger partial charge in [0.05, 0.1) is 16.8 Å². The maximum Gasteiger partial charge on any atom is 0.185 e. The lowest BCUT2D eigenvalue weighted by atomic mass is 10.2. The van der Waals surface area contributed by atoms with Crippen molar-refractivity contribution in [1.29, 1.82) is 0 Å². The van der Waals surface area contributed by atoms with Gasteiger partial charge in [-0.2, -0.15) is 0 Å². The van der Waals surface area contributed by atoms with Crippen molar-refractivity contribution in [2.75, 3.05) is 13.2 Å². The standard InChI is InChI=1S/C23H21FN4O2S/c24-17-7-1-2-8-19(17)30-20-9-11-27-18-14-21(31-22(18)20)15-5-3-6-16(13-15)29-12-4-10-28-23(25)26/h1-3,5-9,11,13-14H,4,10,12H2,(H4,25,26,28). The van der Waals surface area contributed by atoms with E-state index in [1.807, 2.05) is 30.3 Å². The molecule has 0 bridgehead atoms. The molecule has 4 rings (SSSR count). The summed E-state index contributed by atoms with van der Waals surface area (Å²) in [5.41, 5.74) is 12.4. The number of halogens is 1. The molecule has 0 aliphatic rings. The summed E-state index contributed by atoms with van der Waals surface area (Å²) >= 11 is 1.53. The van der Waals surface area contributed by atoms with Crippen LogP contribution in [0, 0.1) is 5.82 Å². The van der Waals surface area contributed by atoms with Gasteiger partial charge in [-0.25, -0.2) is 4.39 Å². The molecule has 2 aromatic carbocycles. The van der Waals surface area contributed by atoms with Crippen LogP contribution in [0.4, 0.5) is 4.39 Å². The molecular weight excluding hydrogens is 415 g/mol. The van der Waals surface area contributed by atoms with E-state index < -0.39 is 5.82 Å². The Labute approximate surface area is 183 Å². The second-order valence-electron chi connectivity index (χ2n) is 6.70. The van der Waals surface area contributed by atoms with Crippen molar-refractivity contribution in [1.82, 2.24) is 4.98 Å². The zero-order valence-corrected chi connectivity index (χ0v) is 17.4. The van der Waals surface area contributed by atoms with Crippen molar-refractivity contribution in [2.24, 2.45) is 16.5 Å². The van der Waals surface area contributed by atoms with E-state index in [1.165, 1.54) is 17.4 Å². The van der Waals surface area contributed by atoms with Gasteiger partial charge in [-0.05, 0) is 35.9 Å². The molecule has 0 aliphatic heterocycles. The van der Waals surface area contributed by atoms with Gasteiger partial charge in [0.1, 0.15) is 11.5 Å². The monoisotopic (exact) mass is 436 g/mol. The lowest BCUT2D eigenvalue weighted by molar-refractivity contribution is 0.313. The van der Waals surface area contributed by atoms with Crippen LogP contribution in [0.1, 0.15) is 6.42 Å². The van der Waals surface area contributed by atoms with Gasteiger partial charge in [-0.15, -0.1) is 11.3 Å². The Morgan fingerprint density at radius 1 is 1.03 bits per heavy atom. The highest BCUT2D eigenvalue weighted by atomic mass is 32.1. The molecule has 8 heteroatoms. The van der Waals surface area contributed by atoms with Gasteiger partial charge in [-0.1, -0.05) is 24.3 Å². The molecule has 158 valence electrons. The minimum absolute atomic E-state index is 0.0821. The number of aromatic nitrogens is 1. The predicted octanol–water partition coefficient (Wildman–Crippen LogP) is 4.94. The third-order valence-corrected chi connectivity index (χ3v) is 5.60. The predicted molar refractivity (Wildman–Crippen MR) is 122 cm³/mol. The highest BCUT2D eigenvalue weighted by molar-refractivity contribution is 7.22. The van der Waals surface area contributed by atoms with Crippen LogP contribution in [0.3, 0.4) is 0 Å². The van der Waals surface area contributed by atoms with E-state index in [1.54, 1.807) is 30.5 Å². The first-order valence-corrected chi connectivity index (χ1v) is 10.5. The molecule has 0 fully saturated rings. The quantitative estimate of drug-likeness (QED) is 0.232. The lowest BCUT2D eigenvalue weighted by Gasteiger charge is -2.07. The second kappa shape index (κ2) is 9.44. The summed E-state index contributed by atoms with van der Waals surface area (Å²) in [6.07, 6.45) is 2.37. The first-order chi connectivity index (χ1) is 15.1. The molecule has 0 amide bonds. The smallest absolute Gasteiger partial charge is 0.185 e. The van der Waals surface area contributed by atoms with Gasteiger partial charge >= 0.3 is 0 Å². The third-order valence-electron chi connectivity index (χ3n) is 4.42. The van der Waals surface area contributed by atoms with E-state index >= 15 is 0 Å². The average Bonchev–Trinajstić information content (AvgIpc) is 3.21. The fourth-order valence-corrected chi connectivity index (χ4v) is 4.05. The van der Waals surface area contributed by atoms with Gasteiger partial charge in [0.25, 0.3) is 0 Å². The third kappa shape index (κ3) is 5.10. The van der Waals surface area contributed by atoms with E-state index in [0.29, 0.717) is 25.3 Å². The van der Waals surface area contributed by atoms with Gasteiger partial charge in [0, 0.05) is 30.1 Å². The molecule has 6 nitrogen and oxygen atoms in total. The van der Waals surface area contributed by atoms with Gasteiger partial charge in [0.15, 0.2) is 17.5 Å². The van der Waals surface area contributed by atoms with Gasteiger partial charge in [0.2, 0.25) is 0 Å². The van der Waals surface area contributed by atoms with E-state index in [0.717, 1.165) is 26.4 Å². The number of nitrogens with two attached hydrogens (primary N) is 2. The minimum atomic E-state index is -0.408. The molecule has 4 N–H and O–H groups in total. The van der Waals surface area contributed by atoms with Crippen LogP contribution in [0.25, 0.3) is 20.7 Å². The Morgan fingerprint density at radius 3 is 2.74 bits per heavy atom. The summed E-state index contributed by atoms with van der Waals surface area (Å²) < 4.78 is 26.5. The number of benzene rings is 2. The molecule has 0 saturated heterocycles. The SMILES string of the molecule is NC(N)=NCCCOc1cccc(-c2cc3nccc(Oc4ccccc4F)c3s2)c1. The van der Waals surface area contributed by atoms with E-state index in [-0.39, 0.29) is 11.7 Å². The van der Waals surface area contributed by atoms with Crippen molar-refractivity contribution in [3.05, 3.63) is 72.7 Å². The Balaban J connectivity index is 1.54. The zero-order valence-electron chi connectivity index (χ0n) is 16.6. The van der Waals surface area contributed by atoms with Crippen LogP contribution >= 0.6 is 11.3 Å². The Morgan fingerprint density at radius 2 is 1.90 bits per heavy atom. The maximum atomic E-state index is 14.0. The largest absolute Gasteiger partial charge is 0.494 e. The normalized spacial score (nSPS) is 10.7. The van der Waals surface area contributed by atoms with E-state index in [4.69, 9.17) is 20.9 Å². The van der Waals surface area contributed by atoms with Crippen LogP contribution in [-0.2, 0) is 0 Å². The number of pyridine rings is 1. The molecule has 2 aromatic heterocycles. The Kier molecular flexibility index (Phi) is 6.28. The highest BCUT2D eigenvalue weighted by Gasteiger charge is 2.13. The van der Waals surface area contributed by atoms with Crippen molar-refractivity contribution < 1.29 is 13.9 Å². The summed E-state index contributed by atoms with van der Waals surface area (Å²) in [6, 6.07) is 17.9. The number of ether oxygens (including phenoxy) is 2. The summed E-state index contributed by atoms with van der Waals surface area (Å²) in [4.78, 5) is 9.38. The highest BCUT2D eigenvalue weighted by Crippen LogP contribution is 2.40. The topological polar surface area (TPSA) is 95.8 Å². The Bertz CT molecular complexity index is 1220. The van der Waals surface area contributed by atoms with Crippen molar-refractivity contribution >= 4 is 27.5 Å². The molecule has 0 atom stereocenters. The molecule has 2 heterocycles. The number of para-hydroxylation sites is 1. The molecule has 31 heavy (non-hydrogen) atoms. The van der Waals surface area contributed by atoms with Crippen molar-refractivity contribution in [3.63, 3.8) is 0 Å². The minimum Gasteiger partial charge on any atom is -0.494 e. The Hall–Kier alpha value is -3.65. The van der Waals surface area contributed by atoms with Crippen molar-refractivity contribution in [3.8, 4) is 27.7 Å². The average molecular weight is 437 g/mol. The fraction of sp³-hybridized carbons (Fsp3) is 0.130. The van der Waals surface area contributed by atoms with E-state index in [2.05, 4.69) is 9.98 Å². The zero-order chi connectivity index (χ0) is 21.6. The molecule has 0 aliphatic carbocycles. The van der Waals surface area contributed by atoms with Crippen LogP contribution in [0.2, 0.25) is 0 Å². The van der Waals surface area contributed by atoms with Gasteiger partial charge < -0.3 is 20.9 Å².